The summed E-state index contributed by atoms with van der Waals surface area (Å²) in [6.45, 7) is 22.3. The Morgan fingerprint density at radius 3 is 2.40 bits per heavy atom. The first kappa shape index (κ1) is 50.0. The average molecular weight is 929 g/mol. The number of anilines is 2. The van der Waals surface area contributed by atoms with Crippen LogP contribution >= 0.6 is 0 Å². The summed E-state index contributed by atoms with van der Waals surface area (Å²) in [5, 5.41) is 15.1. The van der Waals surface area contributed by atoms with E-state index in [2.05, 4.69) is 82.0 Å². The summed E-state index contributed by atoms with van der Waals surface area (Å²) in [5.74, 6) is -1.66. The van der Waals surface area contributed by atoms with Gasteiger partial charge >= 0.3 is 18.0 Å². The molecule has 2 aromatic heterocycles. The Balaban J connectivity index is 1.25. The minimum absolute atomic E-state index is 0.0358. The topological polar surface area (TPSA) is 171 Å². The number of carboxylic acids is 1. The van der Waals surface area contributed by atoms with Crippen LogP contribution in [0.4, 0.5) is 16.2 Å². The molecule has 0 bridgehead atoms. The number of carbonyl (C=O) groups is 4. The van der Waals surface area contributed by atoms with Crippen molar-refractivity contribution in [1.82, 2.24) is 30.2 Å². The number of rotatable bonds is 15. The average Bonchev–Trinajstić information content (AvgIpc) is 3.60. The fraction of sp³-hybridized carbons (Fsp3) is 0.667. The molecule has 368 valence electrons. The Morgan fingerprint density at radius 1 is 0.925 bits per heavy atom. The minimum atomic E-state index is -1.02. The first-order valence-electron chi connectivity index (χ1n) is 24.7. The Labute approximate surface area is 397 Å². The molecule has 0 saturated carbocycles. The number of carboxylic acid groups (broad SMARTS) is 1. The zero-order valence-corrected chi connectivity index (χ0v) is 41.5. The van der Waals surface area contributed by atoms with Crippen LogP contribution in [0, 0.1) is 11.3 Å². The number of benzene rings is 1. The van der Waals surface area contributed by atoms with E-state index < -0.39 is 35.2 Å². The lowest BCUT2D eigenvalue weighted by Gasteiger charge is -2.45. The number of aryl methyl sites for hydroxylation is 1. The lowest BCUT2D eigenvalue weighted by molar-refractivity contribution is -0.148. The molecule has 1 aromatic carbocycles. The summed E-state index contributed by atoms with van der Waals surface area (Å²) >= 11 is 0. The lowest BCUT2D eigenvalue weighted by atomic mass is 9.84. The first-order valence-corrected chi connectivity index (χ1v) is 24.7. The molecule has 4 saturated heterocycles. The molecule has 6 heterocycles. The molecule has 16 nitrogen and oxygen atoms in total. The summed E-state index contributed by atoms with van der Waals surface area (Å²) < 4.78 is 19.7. The third-order valence-corrected chi connectivity index (χ3v) is 14.1. The van der Waals surface area contributed by atoms with E-state index in [1.165, 1.54) is 37.7 Å². The highest BCUT2D eigenvalue weighted by Crippen LogP contribution is 2.43. The van der Waals surface area contributed by atoms with Crippen LogP contribution in [0.1, 0.15) is 124 Å². The second kappa shape index (κ2) is 21.2. The van der Waals surface area contributed by atoms with Gasteiger partial charge in [-0.2, -0.15) is 0 Å². The van der Waals surface area contributed by atoms with Crippen LogP contribution in [0.3, 0.4) is 0 Å². The molecule has 16 heteroatoms. The Morgan fingerprint density at radius 2 is 1.69 bits per heavy atom. The van der Waals surface area contributed by atoms with Crippen molar-refractivity contribution in [2.45, 2.75) is 150 Å². The minimum Gasteiger partial charge on any atom is -0.480 e. The van der Waals surface area contributed by atoms with Gasteiger partial charge in [-0.25, -0.2) is 10.2 Å². The predicted octanol–water partition coefficient (Wildman–Crippen LogP) is 7.32. The van der Waals surface area contributed by atoms with E-state index in [0.29, 0.717) is 51.4 Å². The summed E-state index contributed by atoms with van der Waals surface area (Å²) in [6.07, 6.45) is 8.50. The maximum Gasteiger partial charge on any atom is 0.408 e. The fourth-order valence-corrected chi connectivity index (χ4v) is 10.7. The molecular formula is C51H76N8O8. The van der Waals surface area contributed by atoms with Crippen molar-refractivity contribution in [3.8, 4) is 11.3 Å². The van der Waals surface area contributed by atoms with Gasteiger partial charge in [0, 0.05) is 93.5 Å². The van der Waals surface area contributed by atoms with Gasteiger partial charge in [0.2, 0.25) is 0 Å². The van der Waals surface area contributed by atoms with Gasteiger partial charge in [0.15, 0.2) is 0 Å². The molecular weight excluding hydrogens is 853 g/mol. The van der Waals surface area contributed by atoms with Crippen LogP contribution in [0.2, 0.25) is 0 Å². The number of ether oxygens (including phenoxy) is 3. The molecule has 4 unspecified atom stereocenters. The van der Waals surface area contributed by atoms with E-state index in [9.17, 15) is 24.3 Å². The highest BCUT2D eigenvalue weighted by atomic mass is 16.6. The van der Waals surface area contributed by atoms with Crippen LogP contribution in [-0.2, 0) is 41.6 Å². The molecule has 3 aromatic rings. The number of aliphatic carboxylic acids is 1. The largest absolute Gasteiger partial charge is 0.480 e. The van der Waals surface area contributed by atoms with Crippen LogP contribution in [-0.4, -0.2) is 132 Å². The smallest absolute Gasteiger partial charge is 0.408 e. The van der Waals surface area contributed by atoms with Crippen molar-refractivity contribution >= 4 is 46.2 Å². The van der Waals surface area contributed by atoms with Crippen molar-refractivity contribution in [1.29, 1.82) is 0 Å². The monoisotopic (exact) mass is 929 g/mol. The second-order valence-corrected chi connectivity index (χ2v) is 21.1. The van der Waals surface area contributed by atoms with E-state index in [0.717, 1.165) is 83.8 Å². The van der Waals surface area contributed by atoms with Crippen molar-refractivity contribution in [2.75, 3.05) is 69.3 Å². The van der Waals surface area contributed by atoms with E-state index in [1.54, 1.807) is 27.9 Å². The number of pyridine rings is 1. The van der Waals surface area contributed by atoms with E-state index >= 15 is 0 Å². The number of hydrazine groups is 1. The highest BCUT2D eigenvalue weighted by Gasteiger charge is 2.37. The number of alkyl carbamates (subject to hydrolysis) is 1. The van der Waals surface area contributed by atoms with Crippen LogP contribution in [0.25, 0.3) is 22.2 Å². The van der Waals surface area contributed by atoms with Gasteiger partial charge < -0.3 is 39.0 Å². The molecule has 4 aliphatic rings. The predicted molar refractivity (Wildman–Crippen MR) is 260 cm³/mol. The van der Waals surface area contributed by atoms with Crippen molar-refractivity contribution in [2.24, 2.45) is 11.3 Å². The zero-order chi connectivity index (χ0) is 48.2. The Kier molecular flexibility index (Phi) is 15.8. The summed E-state index contributed by atoms with van der Waals surface area (Å²) in [6, 6.07) is 7.79. The van der Waals surface area contributed by atoms with Gasteiger partial charge in [-0.1, -0.05) is 20.3 Å². The standard InChI is InChI=1S/C51H76N8O8/c1-10-58-44-19-18-36(56-21-13-15-35(30-56)25-43(53-49(64)67-50(4,5)6)47(61)59-22-14-17-42(54-59)48(62)63)26-39(44)41(28-51(7,8)32-66-34(3)60)46(58)40-27-38(29-52-45(40)33(2)65-9)57-24-23-55-20-12-11-16-37(55)31-57/h18-19,26-27,29,33,35,37,42-43,54H,10-17,20-25,28,30-32H2,1-9H3,(H,53,64)(H,62,63)/t33-,35?,37?,42?,43?/m0/s1. The normalized spacial score (nSPS) is 21.7. The first-order chi connectivity index (χ1) is 31.8. The van der Waals surface area contributed by atoms with Crippen LogP contribution in [0.5, 0.6) is 0 Å². The highest BCUT2D eigenvalue weighted by molar-refractivity contribution is 5.95. The SMILES string of the molecule is CCn1c(-c2cc(N3CCN4CCCCC4C3)cnc2[C@H](C)OC)c(CC(C)(C)COC(C)=O)c2cc(N3CCCC(CC(NC(=O)OC(C)(C)C)C(=O)N4CCCC(C(=O)O)N4)C3)ccc21. The number of fused-ring (bicyclic) bond motifs is 2. The Bertz CT molecular complexity index is 2250. The third kappa shape index (κ3) is 12.0. The zero-order valence-electron chi connectivity index (χ0n) is 41.5. The van der Waals surface area contributed by atoms with Gasteiger partial charge in [0.05, 0.1) is 36.0 Å². The van der Waals surface area contributed by atoms with Gasteiger partial charge in [0.1, 0.15) is 17.7 Å². The maximum absolute atomic E-state index is 14.1. The van der Waals surface area contributed by atoms with E-state index in [-0.39, 0.29) is 30.5 Å². The van der Waals surface area contributed by atoms with Crippen LogP contribution < -0.4 is 20.5 Å². The molecule has 0 spiro atoms. The van der Waals surface area contributed by atoms with Crippen molar-refractivity contribution in [3.05, 3.63) is 41.7 Å². The van der Waals surface area contributed by atoms with E-state index in [4.69, 9.17) is 19.2 Å². The van der Waals surface area contributed by atoms with Crippen molar-refractivity contribution in [3.63, 3.8) is 0 Å². The van der Waals surface area contributed by atoms with Crippen molar-refractivity contribution < 1.29 is 38.5 Å². The molecule has 7 rings (SSSR count). The quantitative estimate of drug-likeness (QED) is 0.130. The summed E-state index contributed by atoms with van der Waals surface area (Å²) in [5.41, 5.74) is 9.15. The number of methoxy groups -OCH3 is 1. The van der Waals surface area contributed by atoms with E-state index in [1.807, 2.05) is 6.20 Å². The fourth-order valence-electron chi connectivity index (χ4n) is 10.7. The van der Waals surface area contributed by atoms with Gasteiger partial charge in [-0.3, -0.25) is 29.3 Å². The molecule has 0 aliphatic carbocycles. The maximum atomic E-state index is 14.1. The molecule has 4 aliphatic heterocycles. The number of piperidine rings is 2. The van der Waals surface area contributed by atoms with Gasteiger partial charge in [0.25, 0.3) is 5.91 Å². The number of nitrogens with zero attached hydrogens (tertiary/aromatic N) is 6. The molecule has 4 fully saturated rings. The summed E-state index contributed by atoms with van der Waals surface area (Å²) in [7, 11) is 1.73. The lowest BCUT2D eigenvalue weighted by Crippen LogP contribution is -2.60. The Hall–Kier alpha value is -4.93. The molecule has 2 amide bonds. The van der Waals surface area contributed by atoms with Gasteiger partial charge in [-0.05, 0) is 128 Å². The number of amides is 2. The van der Waals surface area contributed by atoms with Gasteiger partial charge in [-0.15, -0.1) is 0 Å². The number of hydrogen-bond acceptors (Lipinski definition) is 12. The number of piperazine rings is 1. The second-order valence-electron chi connectivity index (χ2n) is 21.1. The number of hydrogen-bond donors (Lipinski definition) is 3. The molecule has 5 atom stereocenters. The number of aromatic nitrogens is 2. The molecule has 67 heavy (non-hydrogen) atoms. The van der Waals surface area contributed by atoms with Crippen LogP contribution in [0.15, 0.2) is 30.5 Å². The number of nitrogens with one attached hydrogen (secondary N) is 2. The number of carbonyl (C=O) groups excluding carboxylic acids is 3. The number of esters is 1. The molecule has 0 radical (unpaired) electrons. The molecule has 3 N–H and O–H groups in total. The summed E-state index contributed by atoms with van der Waals surface area (Å²) in [4.78, 5) is 64.1. The third-order valence-electron chi connectivity index (χ3n) is 14.1.